The molecule has 1 aliphatic rings. The highest BCUT2D eigenvalue weighted by Crippen LogP contribution is 2.43. The highest BCUT2D eigenvalue weighted by Gasteiger charge is 2.31. The van der Waals surface area contributed by atoms with E-state index in [1.54, 1.807) is 23.3 Å². The van der Waals surface area contributed by atoms with Gasteiger partial charge in [0.1, 0.15) is 5.78 Å². The molecule has 0 saturated heterocycles. The summed E-state index contributed by atoms with van der Waals surface area (Å²) in [6.07, 6.45) is 1.85. The third-order valence-corrected chi connectivity index (χ3v) is 6.23. The zero-order chi connectivity index (χ0) is 17.3. The van der Waals surface area contributed by atoms with Crippen LogP contribution in [-0.2, 0) is 9.59 Å². The van der Waals surface area contributed by atoms with E-state index in [1.807, 2.05) is 36.4 Å². The lowest BCUT2D eigenvalue weighted by Gasteiger charge is -2.33. The van der Waals surface area contributed by atoms with Crippen molar-refractivity contribution < 1.29 is 9.59 Å². The van der Waals surface area contributed by atoms with Crippen molar-refractivity contribution in [2.24, 2.45) is 5.84 Å². The van der Waals surface area contributed by atoms with Gasteiger partial charge in [-0.15, -0.1) is 23.1 Å². The van der Waals surface area contributed by atoms with Crippen LogP contribution in [0.5, 0.6) is 0 Å². The Kier molecular flexibility index (Phi) is 4.89. The first kappa shape index (κ1) is 17.0. The van der Waals surface area contributed by atoms with Crippen LogP contribution in [0.15, 0.2) is 46.3 Å². The highest BCUT2D eigenvalue weighted by molar-refractivity contribution is 8.01. The third kappa shape index (κ3) is 3.31. The molecule has 0 aliphatic carbocycles. The molecule has 0 spiro atoms. The van der Waals surface area contributed by atoms with Gasteiger partial charge in [0.2, 0.25) is 0 Å². The van der Waals surface area contributed by atoms with E-state index in [0.717, 1.165) is 20.2 Å². The molecule has 3 rings (SSSR count). The Bertz CT molecular complexity index is 812. The van der Waals surface area contributed by atoms with E-state index in [9.17, 15) is 9.59 Å². The number of nitrogens with zero attached hydrogens (tertiary/aromatic N) is 1. The van der Waals surface area contributed by atoms with E-state index in [-0.39, 0.29) is 17.6 Å². The minimum absolute atomic E-state index is 0.0598. The number of nitrogens with two attached hydrogens (primary N) is 1. The summed E-state index contributed by atoms with van der Waals surface area (Å²) in [4.78, 5) is 24.3. The topological polar surface area (TPSA) is 63.4 Å². The molecule has 124 valence electrons. The average molecular weight is 358 g/mol. The number of thiophene rings is 1. The van der Waals surface area contributed by atoms with Gasteiger partial charge in [-0.25, -0.2) is 5.84 Å². The fourth-order valence-corrected chi connectivity index (χ4v) is 4.81. The highest BCUT2D eigenvalue weighted by atomic mass is 32.2. The fourth-order valence-electron chi connectivity index (χ4n) is 2.71. The quantitative estimate of drug-likeness (QED) is 0.653. The molecule has 0 radical (unpaired) electrons. The SMILES string of the molecule is CC(=O)CSc1cc2c(s1)C=C(C(C)=O)N(N)C2c1ccccc1. The van der Waals surface area contributed by atoms with Crippen LogP contribution in [0.4, 0.5) is 0 Å². The number of fused-ring (bicyclic) bond motifs is 1. The number of benzene rings is 1. The monoisotopic (exact) mass is 358 g/mol. The Morgan fingerprint density at radius 3 is 2.58 bits per heavy atom. The maximum Gasteiger partial charge on any atom is 0.177 e. The first-order valence-electron chi connectivity index (χ1n) is 7.55. The number of carbonyl (C=O) groups excluding carboxylic acids is 2. The minimum atomic E-state index is -0.201. The van der Waals surface area contributed by atoms with Gasteiger partial charge in [-0.3, -0.25) is 14.6 Å². The number of hydrogen-bond donors (Lipinski definition) is 1. The second-order valence-electron chi connectivity index (χ2n) is 5.68. The number of thioether (sulfide) groups is 1. The molecule has 1 unspecified atom stereocenters. The van der Waals surface area contributed by atoms with Crippen LogP contribution in [0.2, 0.25) is 0 Å². The van der Waals surface area contributed by atoms with E-state index >= 15 is 0 Å². The molecule has 2 aromatic rings. The van der Waals surface area contributed by atoms with E-state index < -0.39 is 0 Å². The summed E-state index contributed by atoms with van der Waals surface area (Å²) in [5.74, 6) is 6.82. The predicted molar refractivity (Wildman–Crippen MR) is 98.7 cm³/mol. The van der Waals surface area contributed by atoms with Crippen molar-refractivity contribution >= 4 is 40.7 Å². The summed E-state index contributed by atoms with van der Waals surface area (Å²) in [5.41, 5.74) is 2.61. The van der Waals surface area contributed by atoms with Gasteiger partial charge in [-0.05, 0) is 30.2 Å². The molecule has 4 nitrogen and oxygen atoms in total. The number of hydrazine groups is 1. The molecule has 2 N–H and O–H groups in total. The predicted octanol–water partition coefficient (Wildman–Crippen LogP) is 3.64. The van der Waals surface area contributed by atoms with Crippen LogP contribution in [0.1, 0.15) is 35.9 Å². The number of hydrogen-bond acceptors (Lipinski definition) is 6. The Morgan fingerprint density at radius 1 is 1.25 bits per heavy atom. The van der Waals surface area contributed by atoms with Crippen LogP contribution in [-0.4, -0.2) is 22.3 Å². The number of rotatable bonds is 5. The van der Waals surface area contributed by atoms with Crippen LogP contribution < -0.4 is 5.84 Å². The minimum Gasteiger partial charge on any atom is -0.299 e. The molecule has 2 heterocycles. The molecular formula is C18H18N2O2S2. The Morgan fingerprint density at radius 2 is 1.96 bits per heavy atom. The van der Waals surface area contributed by atoms with E-state index in [1.165, 1.54) is 18.7 Å². The number of ketones is 2. The number of Topliss-reactive ketones (excluding diaryl/α,β-unsaturated/α-hetero) is 2. The van der Waals surface area contributed by atoms with Crippen molar-refractivity contribution in [2.75, 3.05) is 5.75 Å². The molecule has 1 atom stereocenters. The van der Waals surface area contributed by atoms with Gasteiger partial charge in [0.25, 0.3) is 0 Å². The second kappa shape index (κ2) is 6.93. The maximum atomic E-state index is 12.0. The lowest BCUT2D eigenvalue weighted by molar-refractivity contribution is -0.115. The van der Waals surface area contributed by atoms with Crippen LogP contribution >= 0.6 is 23.1 Å². The van der Waals surface area contributed by atoms with E-state index in [0.29, 0.717) is 11.4 Å². The number of carbonyl (C=O) groups is 2. The van der Waals surface area contributed by atoms with E-state index in [2.05, 4.69) is 6.07 Å². The van der Waals surface area contributed by atoms with Crippen molar-refractivity contribution in [1.82, 2.24) is 5.01 Å². The molecule has 0 bridgehead atoms. The molecule has 1 aromatic heterocycles. The molecule has 1 aliphatic heterocycles. The number of allylic oxidation sites excluding steroid dienone is 1. The molecular weight excluding hydrogens is 340 g/mol. The van der Waals surface area contributed by atoms with Crippen LogP contribution in [0.3, 0.4) is 0 Å². The first-order chi connectivity index (χ1) is 11.5. The maximum absolute atomic E-state index is 12.0. The zero-order valence-electron chi connectivity index (χ0n) is 13.5. The van der Waals surface area contributed by atoms with Gasteiger partial charge < -0.3 is 0 Å². The summed E-state index contributed by atoms with van der Waals surface area (Å²) in [7, 11) is 0. The van der Waals surface area contributed by atoms with Crippen molar-refractivity contribution in [2.45, 2.75) is 24.1 Å². The zero-order valence-corrected chi connectivity index (χ0v) is 15.1. The largest absolute Gasteiger partial charge is 0.299 e. The fraction of sp³-hybridized carbons (Fsp3) is 0.222. The normalized spacial score (nSPS) is 16.5. The van der Waals surface area contributed by atoms with Crippen molar-refractivity contribution in [3.8, 4) is 0 Å². The molecule has 6 heteroatoms. The smallest absolute Gasteiger partial charge is 0.177 e. The molecule has 0 saturated carbocycles. The molecule has 1 aromatic carbocycles. The van der Waals surface area contributed by atoms with Crippen molar-refractivity contribution in [3.05, 3.63) is 58.1 Å². The standard InChI is InChI=1S/C18H18N2O2S2/c1-11(21)10-23-17-8-14-16(24-17)9-15(12(2)22)20(19)18(14)13-6-4-3-5-7-13/h3-9,18H,10,19H2,1-2H3. The molecule has 0 amide bonds. The first-order valence-corrected chi connectivity index (χ1v) is 9.35. The second-order valence-corrected chi connectivity index (χ2v) is 8.04. The van der Waals surface area contributed by atoms with Crippen molar-refractivity contribution in [3.63, 3.8) is 0 Å². The van der Waals surface area contributed by atoms with Gasteiger partial charge in [0, 0.05) is 11.8 Å². The molecule has 0 fully saturated rings. The van der Waals surface area contributed by atoms with Gasteiger partial charge in [-0.1, -0.05) is 30.3 Å². The summed E-state index contributed by atoms with van der Waals surface area (Å²) < 4.78 is 1.06. The molecule has 24 heavy (non-hydrogen) atoms. The Balaban J connectivity index is 2.06. The van der Waals surface area contributed by atoms with Crippen LogP contribution in [0, 0.1) is 0 Å². The summed E-state index contributed by atoms with van der Waals surface area (Å²) >= 11 is 3.12. The third-order valence-electron chi connectivity index (χ3n) is 3.78. The average Bonchev–Trinajstić information content (AvgIpc) is 2.95. The van der Waals surface area contributed by atoms with Gasteiger partial charge in [0.05, 0.1) is 21.7 Å². The summed E-state index contributed by atoms with van der Waals surface area (Å²) in [6, 6.07) is 11.8. The van der Waals surface area contributed by atoms with Gasteiger partial charge in [-0.2, -0.15) is 0 Å². The Labute approximate surface area is 149 Å². The summed E-state index contributed by atoms with van der Waals surface area (Å²) in [5, 5.41) is 1.55. The van der Waals surface area contributed by atoms with Gasteiger partial charge >= 0.3 is 0 Å². The van der Waals surface area contributed by atoms with Gasteiger partial charge in [0.15, 0.2) is 5.78 Å². The van der Waals surface area contributed by atoms with Crippen LogP contribution in [0.25, 0.3) is 6.08 Å². The lowest BCUT2D eigenvalue weighted by Crippen LogP contribution is -2.39. The summed E-state index contributed by atoms with van der Waals surface area (Å²) in [6.45, 7) is 3.11. The lowest BCUT2D eigenvalue weighted by atomic mass is 9.94. The Hall–Kier alpha value is -1.89. The van der Waals surface area contributed by atoms with Crippen molar-refractivity contribution in [1.29, 1.82) is 0 Å². The van der Waals surface area contributed by atoms with E-state index in [4.69, 9.17) is 5.84 Å².